The monoisotopic (exact) mass is 1360 g/mol. The van der Waals surface area contributed by atoms with Crippen molar-refractivity contribution < 1.29 is 57.9 Å². The molecule has 97 heavy (non-hydrogen) atoms. The first-order chi connectivity index (χ1) is 46.2. The molecule has 4 aromatic heterocycles. The first-order valence-electron chi connectivity index (χ1n) is 35.7. The summed E-state index contributed by atoms with van der Waals surface area (Å²) in [6.45, 7) is 25.2. The van der Waals surface area contributed by atoms with Crippen LogP contribution in [-0.2, 0) is 46.6 Å². The Balaban J connectivity index is 0.000000141. The number of thiazole rings is 1. The summed E-state index contributed by atoms with van der Waals surface area (Å²) >= 11 is 1.54. The molecule has 9 heterocycles. The Hall–Kier alpha value is -6.00. The summed E-state index contributed by atoms with van der Waals surface area (Å²) in [5.41, 5.74) is 1.58. The zero-order chi connectivity index (χ0) is 69.3. The van der Waals surface area contributed by atoms with Crippen molar-refractivity contribution in [3.63, 3.8) is 0 Å². The topological polar surface area (TPSA) is 310 Å². The third-order valence-electron chi connectivity index (χ3n) is 20.0. The molecule has 8 N–H and O–H groups in total. The van der Waals surface area contributed by atoms with Gasteiger partial charge in [-0.3, -0.25) is 38.8 Å². The summed E-state index contributed by atoms with van der Waals surface area (Å²) in [6, 6.07) is 15.6. The predicted molar refractivity (Wildman–Crippen MR) is 372 cm³/mol. The molecule has 8 fully saturated rings. The molecule has 5 saturated heterocycles. The van der Waals surface area contributed by atoms with Crippen molar-refractivity contribution >= 4 is 57.6 Å². The molecule has 0 bridgehead atoms. The molecule has 0 spiro atoms. The van der Waals surface area contributed by atoms with Gasteiger partial charge >= 0.3 is 0 Å². The van der Waals surface area contributed by atoms with Gasteiger partial charge in [0.2, 0.25) is 23.6 Å². The first-order valence-corrected chi connectivity index (χ1v) is 36.5. The van der Waals surface area contributed by atoms with Gasteiger partial charge in [-0.2, -0.15) is 0 Å². The molecule has 5 aliphatic heterocycles. The van der Waals surface area contributed by atoms with E-state index in [0.29, 0.717) is 98.5 Å². The van der Waals surface area contributed by atoms with Gasteiger partial charge in [0, 0.05) is 109 Å². The number of rotatable bonds is 15. The molecular weight excluding hydrogens is 1260 g/mol. The fraction of sp³-hybridized carbons (Fsp3) is 0.694. The van der Waals surface area contributed by atoms with Crippen molar-refractivity contribution in [2.45, 2.75) is 268 Å². The van der Waals surface area contributed by atoms with E-state index >= 15 is 0 Å². The van der Waals surface area contributed by atoms with Crippen molar-refractivity contribution in [1.29, 1.82) is 0 Å². The number of hydrogen-bond donors (Lipinski definition) is 8. The second-order valence-electron chi connectivity index (χ2n) is 31.1. The van der Waals surface area contributed by atoms with E-state index < -0.39 is 24.4 Å². The Morgan fingerprint density at radius 2 is 0.887 bits per heavy atom. The molecule has 24 nitrogen and oxygen atoms in total. The maximum absolute atomic E-state index is 13.0. The number of β-amino-alcohol motifs (C(OH)–C–C–N with tert-alkyl or cyclic N) is 4. The number of anilines is 4. The highest BCUT2D eigenvalue weighted by Crippen LogP contribution is 2.38. The summed E-state index contributed by atoms with van der Waals surface area (Å²) in [4.78, 5) is 65.3. The highest BCUT2D eigenvalue weighted by Gasteiger charge is 2.45. The molecule has 3 saturated carbocycles. The van der Waals surface area contributed by atoms with E-state index in [1.165, 1.54) is 43.4 Å². The lowest BCUT2D eigenvalue weighted by atomic mass is 9.93. The average Bonchev–Trinajstić information content (AvgIpc) is 1.66. The average molecular weight is 1370 g/mol. The lowest BCUT2D eigenvalue weighted by Crippen LogP contribution is -2.46. The van der Waals surface area contributed by atoms with Gasteiger partial charge in [0.05, 0.1) is 54.3 Å². The van der Waals surface area contributed by atoms with Crippen LogP contribution in [0.4, 0.5) is 22.6 Å². The molecule has 0 radical (unpaired) electrons. The fourth-order valence-corrected chi connectivity index (χ4v) is 15.4. The Labute approximate surface area is 575 Å². The molecule has 534 valence electrons. The minimum atomic E-state index is -0.451. The Morgan fingerprint density at radius 1 is 0.505 bits per heavy atom. The zero-order valence-electron chi connectivity index (χ0n) is 58.8. The molecule has 8 aliphatic rings. The van der Waals surface area contributed by atoms with Crippen molar-refractivity contribution in [3.05, 3.63) is 70.7 Å². The van der Waals surface area contributed by atoms with Crippen LogP contribution < -0.4 is 21.3 Å². The van der Waals surface area contributed by atoms with E-state index in [9.17, 15) is 39.6 Å². The second kappa shape index (κ2) is 32.5. The molecule has 8 atom stereocenters. The number of likely N-dealkylation sites (tertiary alicyclic amines) is 4. The number of nitrogens with zero attached hydrogens (tertiary/aromatic N) is 8. The third kappa shape index (κ3) is 19.9. The number of benzene rings is 1. The van der Waals surface area contributed by atoms with Gasteiger partial charge < -0.3 is 60.0 Å². The second-order valence-corrected chi connectivity index (χ2v) is 32.2. The molecule has 4 amide bonds. The highest BCUT2D eigenvalue weighted by atomic mass is 32.1. The number of aromatic nitrogens is 4. The molecule has 3 aliphatic carbocycles. The smallest absolute Gasteiger partial charge is 0.243 e. The number of aryl methyl sites for hydroxylation is 1. The van der Waals surface area contributed by atoms with Gasteiger partial charge in [-0.15, -0.1) is 11.3 Å². The molecule has 5 aromatic rings. The SMILES string of the molecule is CC(C)(C)c1cc(NC(=O)[C@@H]2C[C@@H](O)CN2C2CC2)no1.CC(C)(C)c1cc(NC(=O)[C@@H]2C[C@@H](O)CN2C2CCCC2)no1.CC(C)(C)c1cc(NC(=O)[C@@H]2C[C@@H](O)CN2C2CCCCC2)no1.CCc1sc(NC(=O)[C@@H]2C[C@@H](O)CN2CC2CCOCC2)nc1-c1ccccc1. The highest BCUT2D eigenvalue weighted by molar-refractivity contribution is 7.16. The lowest BCUT2D eigenvalue weighted by molar-refractivity contribution is -0.122. The molecule has 0 unspecified atom stereocenters. The van der Waals surface area contributed by atoms with Crippen LogP contribution in [0.2, 0.25) is 0 Å². The summed E-state index contributed by atoms with van der Waals surface area (Å²) in [5.74, 6) is 3.75. The number of aliphatic hydroxyl groups excluding tert-OH is 4. The largest absolute Gasteiger partial charge is 0.392 e. The zero-order valence-corrected chi connectivity index (χ0v) is 59.6. The normalized spacial score (nSPS) is 25.8. The van der Waals surface area contributed by atoms with Crippen LogP contribution >= 0.6 is 11.3 Å². The maximum Gasteiger partial charge on any atom is 0.243 e. The van der Waals surface area contributed by atoms with Gasteiger partial charge in [-0.1, -0.05) is 147 Å². The number of carbonyl (C=O) groups excluding carboxylic acids is 4. The lowest BCUT2D eigenvalue weighted by Gasteiger charge is -2.34. The van der Waals surface area contributed by atoms with Gasteiger partial charge in [-0.25, -0.2) is 4.98 Å². The van der Waals surface area contributed by atoms with Crippen LogP contribution in [0.5, 0.6) is 0 Å². The Bertz CT molecular complexity index is 3350. The third-order valence-corrected chi connectivity index (χ3v) is 21.1. The Kier molecular flexibility index (Phi) is 24.7. The van der Waals surface area contributed by atoms with Crippen LogP contribution in [0.3, 0.4) is 0 Å². The summed E-state index contributed by atoms with van der Waals surface area (Å²) in [7, 11) is 0. The number of hydrogen-bond acceptors (Lipinski definition) is 21. The van der Waals surface area contributed by atoms with Crippen LogP contribution in [0.1, 0.15) is 201 Å². The van der Waals surface area contributed by atoms with Crippen LogP contribution in [0.25, 0.3) is 11.3 Å². The summed E-state index contributed by atoms with van der Waals surface area (Å²) < 4.78 is 21.4. The molecule has 13 rings (SSSR count). The van der Waals surface area contributed by atoms with Crippen molar-refractivity contribution in [3.8, 4) is 11.3 Å². The van der Waals surface area contributed by atoms with Crippen molar-refractivity contribution in [1.82, 2.24) is 40.1 Å². The van der Waals surface area contributed by atoms with Crippen LogP contribution in [0.15, 0.2) is 62.1 Å². The standard InChI is InChI=1S/C22H29N3O3S.C18H29N3O3.C17H27N3O3.C15H23N3O3/c1-2-19-20(16-6-4-3-5-7-16)23-22(29-19)24-21(27)18-12-17(26)14-25(18)13-15-8-10-28-11-9-15;1-18(2,3)15-10-16(20-24-15)19-17(23)14-9-13(22)11-21(14)12-7-5-4-6-8-12;1-17(2,3)14-9-15(19-23-14)18-16(22)13-8-12(21)10-20(13)11-6-4-5-7-11;1-15(2,3)12-7-13(17-21-12)16-14(20)11-6-10(19)8-18(11)9-4-5-9/h3-7,15,17-18,26H,2,8-14H2,1H3,(H,23,24,27);10,12-14,22H,4-9,11H2,1-3H3,(H,19,20,23);9,11-13,21H,4-8,10H2,1-3H3,(H,18,19,22);7,9-11,19H,4-6,8H2,1-3H3,(H,16,17,20)/t17-,18+;13-,14+;12-,13+;10-,11+/m1111/s1. The van der Waals surface area contributed by atoms with E-state index in [1.54, 1.807) is 18.2 Å². The maximum atomic E-state index is 13.0. The van der Waals surface area contributed by atoms with E-state index in [1.807, 2.05) is 92.6 Å². The van der Waals surface area contributed by atoms with Gasteiger partial charge in [-0.05, 0) is 89.4 Å². The molecule has 1 aromatic carbocycles. The molecular formula is C72H108N12O12S. The van der Waals surface area contributed by atoms with Crippen LogP contribution in [-0.4, -0.2) is 197 Å². The Morgan fingerprint density at radius 3 is 1.28 bits per heavy atom. The summed E-state index contributed by atoms with van der Waals surface area (Å²) in [6.07, 6.45) is 16.0. The van der Waals surface area contributed by atoms with Crippen molar-refractivity contribution in [2.24, 2.45) is 5.92 Å². The first kappa shape index (κ1) is 73.7. The number of ether oxygens (including phenoxy) is 1. The number of carbonyl (C=O) groups is 4. The van der Waals surface area contributed by atoms with Gasteiger partial charge in [0.15, 0.2) is 22.6 Å². The van der Waals surface area contributed by atoms with Gasteiger partial charge in [0.25, 0.3) is 0 Å². The van der Waals surface area contributed by atoms with Gasteiger partial charge in [0.1, 0.15) is 17.3 Å². The van der Waals surface area contributed by atoms with E-state index in [4.69, 9.17) is 23.3 Å². The number of nitrogens with one attached hydrogen (secondary N) is 4. The van der Waals surface area contributed by atoms with E-state index in [2.05, 4.69) is 63.3 Å². The quantitative estimate of drug-likeness (QED) is 0.0483. The minimum Gasteiger partial charge on any atom is -0.392 e. The number of aliphatic hydroxyl groups is 4. The number of amides is 4. The van der Waals surface area contributed by atoms with E-state index in [-0.39, 0.29) is 64.0 Å². The van der Waals surface area contributed by atoms with Crippen LogP contribution in [0, 0.1) is 5.92 Å². The minimum absolute atomic E-state index is 0.0652. The fourth-order valence-electron chi connectivity index (χ4n) is 14.5. The molecule has 25 heteroatoms. The summed E-state index contributed by atoms with van der Waals surface area (Å²) in [5, 5.41) is 64.1. The van der Waals surface area contributed by atoms with E-state index in [0.717, 1.165) is 111 Å². The predicted octanol–water partition coefficient (Wildman–Crippen LogP) is 9.65. The van der Waals surface area contributed by atoms with Crippen molar-refractivity contribution in [2.75, 3.05) is 67.2 Å².